The van der Waals surface area contributed by atoms with Crippen LogP contribution in [0.1, 0.15) is 53.9 Å². The lowest BCUT2D eigenvalue weighted by atomic mass is 10.1. The fourth-order valence-electron chi connectivity index (χ4n) is 2.41. The van der Waals surface area contributed by atoms with Gasteiger partial charge < -0.3 is 10.2 Å². The van der Waals surface area contributed by atoms with Crippen molar-refractivity contribution < 1.29 is 0 Å². The second kappa shape index (κ2) is 9.23. The summed E-state index contributed by atoms with van der Waals surface area (Å²) in [5, 5.41) is 3.28. The van der Waals surface area contributed by atoms with Crippen molar-refractivity contribution in [3.63, 3.8) is 0 Å². The van der Waals surface area contributed by atoms with Crippen molar-refractivity contribution >= 4 is 27.7 Å². The molecule has 5 heteroatoms. The van der Waals surface area contributed by atoms with Gasteiger partial charge in [0.05, 0.1) is 4.47 Å². The number of nitrogens with one attached hydrogen (secondary N) is 1. The second-order valence-corrected chi connectivity index (χ2v) is 6.66. The van der Waals surface area contributed by atoms with Gasteiger partial charge in [-0.1, -0.05) is 34.6 Å². The van der Waals surface area contributed by atoms with E-state index in [2.05, 4.69) is 65.7 Å². The minimum Gasteiger partial charge on any atom is -0.354 e. The standard InChI is InChI=1S/C16H29BrN4/c1-6-9-18-16-19-10-14(17)15(20-16)21(11-12(4)5)13(7-2)8-3/h10,12-13H,6-9,11H2,1-5H3,(H,18,19,20). The summed E-state index contributed by atoms with van der Waals surface area (Å²) in [6.45, 7) is 13.0. The maximum absolute atomic E-state index is 4.74. The van der Waals surface area contributed by atoms with Gasteiger partial charge in [0, 0.05) is 25.3 Å². The molecule has 0 aromatic carbocycles. The maximum Gasteiger partial charge on any atom is 0.224 e. The van der Waals surface area contributed by atoms with Crippen molar-refractivity contribution in [2.75, 3.05) is 23.3 Å². The summed E-state index contributed by atoms with van der Waals surface area (Å²) in [5.41, 5.74) is 0. The zero-order valence-electron chi connectivity index (χ0n) is 14.0. The number of nitrogens with zero attached hydrogens (tertiary/aromatic N) is 3. The van der Waals surface area contributed by atoms with Crippen molar-refractivity contribution in [1.82, 2.24) is 9.97 Å². The molecule has 0 aliphatic rings. The summed E-state index contributed by atoms with van der Waals surface area (Å²) in [7, 11) is 0. The Bertz CT molecular complexity index is 419. The molecule has 0 unspecified atom stereocenters. The smallest absolute Gasteiger partial charge is 0.224 e. The number of aromatic nitrogens is 2. The summed E-state index contributed by atoms with van der Waals surface area (Å²) in [6, 6.07) is 0.512. The first-order chi connectivity index (χ1) is 10.0. The highest BCUT2D eigenvalue weighted by atomic mass is 79.9. The van der Waals surface area contributed by atoms with E-state index in [4.69, 9.17) is 4.98 Å². The minimum absolute atomic E-state index is 0.512. The molecule has 1 heterocycles. The van der Waals surface area contributed by atoms with E-state index in [9.17, 15) is 0 Å². The van der Waals surface area contributed by atoms with Gasteiger partial charge in [0.2, 0.25) is 5.95 Å². The number of anilines is 2. The number of hydrogen-bond acceptors (Lipinski definition) is 4. The predicted molar refractivity (Wildman–Crippen MR) is 95.1 cm³/mol. The van der Waals surface area contributed by atoms with Crippen LogP contribution in [0, 0.1) is 5.92 Å². The number of hydrogen-bond donors (Lipinski definition) is 1. The highest BCUT2D eigenvalue weighted by molar-refractivity contribution is 9.10. The summed E-state index contributed by atoms with van der Waals surface area (Å²) < 4.78 is 0.970. The molecule has 0 aliphatic carbocycles. The molecule has 1 rings (SSSR count). The van der Waals surface area contributed by atoms with E-state index in [0.717, 1.165) is 48.6 Å². The Kier molecular flexibility index (Phi) is 8.01. The normalized spacial score (nSPS) is 11.2. The van der Waals surface area contributed by atoms with Crippen molar-refractivity contribution in [2.45, 2.75) is 59.9 Å². The Hall–Kier alpha value is -0.840. The van der Waals surface area contributed by atoms with Crippen LogP contribution in [0.3, 0.4) is 0 Å². The summed E-state index contributed by atoms with van der Waals surface area (Å²) in [4.78, 5) is 11.5. The van der Waals surface area contributed by atoms with Crippen LogP contribution in [0.25, 0.3) is 0 Å². The molecule has 1 aromatic rings. The van der Waals surface area contributed by atoms with Crippen molar-refractivity contribution in [1.29, 1.82) is 0 Å². The van der Waals surface area contributed by atoms with E-state index < -0.39 is 0 Å². The average Bonchev–Trinajstić information content (AvgIpc) is 2.46. The molecule has 1 N–H and O–H groups in total. The molecule has 120 valence electrons. The monoisotopic (exact) mass is 356 g/mol. The lowest BCUT2D eigenvalue weighted by Crippen LogP contribution is -2.38. The number of halogens is 1. The van der Waals surface area contributed by atoms with Gasteiger partial charge in [0.25, 0.3) is 0 Å². The van der Waals surface area contributed by atoms with Crippen molar-refractivity contribution in [3.8, 4) is 0 Å². The molecule has 4 nitrogen and oxygen atoms in total. The molecular formula is C16H29BrN4. The maximum atomic E-state index is 4.74. The Morgan fingerprint density at radius 1 is 1.24 bits per heavy atom. The van der Waals surface area contributed by atoms with Crippen molar-refractivity contribution in [2.24, 2.45) is 5.92 Å². The highest BCUT2D eigenvalue weighted by Gasteiger charge is 2.21. The van der Waals surface area contributed by atoms with Crippen LogP contribution in [0.5, 0.6) is 0 Å². The SMILES string of the molecule is CCCNc1ncc(Br)c(N(CC(C)C)C(CC)CC)n1. The van der Waals surface area contributed by atoms with Crippen LogP contribution in [0.2, 0.25) is 0 Å². The minimum atomic E-state index is 0.512. The molecule has 0 radical (unpaired) electrons. The summed E-state index contributed by atoms with van der Waals surface area (Å²) >= 11 is 3.62. The largest absolute Gasteiger partial charge is 0.354 e. The first-order valence-electron chi connectivity index (χ1n) is 8.06. The van der Waals surface area contributed by atoms with Gasteiger partial charge >= 0.3 is 0 Å². The molecule has 0 saturated carbocycles. The Balaban J connectivity index is 3.09. The average molecular weight is 357 g/mol. The first kappa shape index (κ1) is 18.2. The molecule has 0 bridgehead atoms. The highest BCUT2D eigenvalue weighted by Crippen LogP contribution is 2.28. The molecule has 0 saturated heterocycles. The molecular weight excluding hydrogens is 328 g/mol. The van der Waals surface area contributed by atoms with E-state index in [0.29, 0.717) is 12.0 Å². The van der Waals surface area contributed by atoms with E-state index >= 15 is 0 Å². The van der Waals surface area contributed by atoms with Crippen LogP contribution in [-0.2, 0) is 0 Å². The Morgan fingerprint density at radius 3 is 2.43 bits per heavy atom. The van der Waals surface area contributed by atoms with Gasteiger partial charge in [-0.05, 0) is 41.1 Å². The zero-order chi connectivity index (χ0) is 15.8. The fraction of sp³-hybridized carbons (Fsp3) is 0.750. The van der Waals surface area contributed by atoms with Crippen LogP contribution in [-0.4, -0.2) is 29.1 Å². The molecule has 1 aromatic heterocycles. The molecule has 0 atom stereocenters. The number of rotatable bonds is 9. The quantitative estimate of drug-likeness (QED) is 0.695. The predicted octanol–water partition coefficient (Wildman–Crippen LogP) is 4.71. The third-order valence-electron chi connectivity index (χ3n) is 3.48. The van der Waals surface area contributed by atoms with Gasteiger partial charge in [0.1, 0.15) is 5.82 Å². The Morgan fingerprint density at radius 2 is 1.90 bits per heavy atom. The molecule has 21 heavy (non-hydrogen) atoms. The van der Waals surface area contributed by atoms with E-state index in [1.807, 2.05) is 6.20 Å². The second-order valence-electron chi connectivity index (χ2n) is 5.81. The van der Waals surface area contributed by atoms with Crippen LogP contribution in [0.15, 0.2) is 10.7 Å². The summed E-state index contributed by atoms with van der Waals surface area (Å²) in [6.07, 6.45) is 5.17. The van der Waals surface area contributed by atoms with E-state index in [1.54, 1.807) is 0 Å². The summed E-state index contributed by atoms with van der Waals surface area (Å²) in [5.74, 6) is 2.32. The molecule has 0 fully saturated rings. The van der Waals surface area contributed by atoms with E-state index in [-0.39, 0.29) is 0 Å². The van der Waals surface area contributed by atoms with Gasteiger partial charge in [-0.15, -0.1) is 0 Å². The van der Waals surface area contributed by atoms with Crippen LogP contribution in [0.4, 0.5) is 11.8 Å². The first-order valence-corrected chi connectivity index (χ1v) is 8.85. The van der Waals surface area contributed by atoms with Gasteiger partial charge in [0.15, 0.2) is 0 Å². The molecule has 0 amide bonds. The van der Waals surface area contributed by atoms with Crippen LogP contribution < -0.4 is 10.2 Å². The topological polar surface area (TPSA) is 41.1 Å². The lowest BCUT2D eigenvalue weighted by molar-refractivity contribution is 0.502. The van der Waals surface area contributed by atoms with Crippen molar-refractivity contribution in [3.05, 3.63) is 10.7 Å². The lowest BCUT2D eigenvalue weighted by Gasteiger charge is -2.33. The van der Waals surface area contributed by atoms with Gasteiger partial charge in [-0.3, -0.25) is 0 Å². The van der Waals surface area contributed by atoms with Gasteiger partial charge in [-0.2, -0.15) is 4.98 Å². The Labute approximate surface area is 137 Å². The third-order valence-corrected chi connectivity index (χ3v) is 4.04. The third kappa shape index (κ3) is 5.46. The molecule has 0 spiro atoms. The van der Waals surface area contributed by atoms with Gasteiger partial charge in [-0.25, -0.2) is 4.98 Å². The van der Waals surface area contributed by atoms with Crippen LogP contribution >= 0.6 is 15.9 Å². The fourth-order valence-corrected chi connectivity index (χ4v) is 2.83. The molecule has 0 aliphatic heterocycles. The zero-order valence-corrected chi connectivity index (χ0v) is 15.6. The van der Waals surface area contributed by atoms with E-state index in [1.165, 1.54) is 0 Å².